The van der Waals surface area contributed by atoms with E-state index in [0.29, 0.717) is 28.2 Å². The van der Waals surface area contributed by atoms with Crippen LogP contribution in [0.25, 0.3) is 11.1 Å². The van der Waals surface area contributed by atoms with Crippen molar-refractivity contribution >= 4 is 38.6 Å². The minimum absolute atomic E-state index is 0.156. The number of amidine groups is 1. The molecule has 29 heavy (non-hydrogen) atoms. The van der Waals surface area contributed by atoms with E-state index in [2.05, 4.69) is 20.0 Å². The highest BCUT2D eigenvalue weighted by atomic mass is 32.2. The van der Waals surface area contributed by atoms with Gasteiger partial charge in [0.15, 0.2) is 11.5 Å². The first-order valence-corrected chi connectivity index (χ1v) is 10.6. The number of amides is 1. The van der Waals surface area contributed by atoms with Gasteiger partial charge in [-0.25, -0.2) is 13.4 Å². The van der Waals surface area contributed by atoms with Crippen LogP contribution in [0.3, 0.4) is 0 Å². The van der Waals surface area contributed by atoms with E-state index >= 15 is 0 Å². The second kappa shape index (κ2) is 7.00. The van der Waals surface area contributed by atoms with Crippen molar-refractivity contribution in [3.05, 3.63) is 53.9 Å². The number of benzene rings is 2. The molecule has 8 nitrogen and oxygen atoms in total. The lowest BCUT2D eigenvalue weighted by atomic mass is 10.0. The average molecular weight is 412 g/mol. The topological polar surface area (TPSA) is 114 Å². The Bertz CT molecular complexity index is 1240. The number of hydrogen-bond donors (Lipinski definition) is 2. The zero-order valence-electron chi connectivity index (χ0n) is 16.1. The molecule has 0 radical (unpaired) electrons. The normalized spacial score (nSPS) is 17.3. The number of rotatable bonds is 4. The smallest absolute Gasteiger partial charge is 0.263 e. The standard InChI is InChI=1S/C20H20N4O4S/c1-11(2)18(23-19-14-6-4-5-7-17(14)29(26,27)24-19)20(25)22-13-8-9-15-16(10-13)28-12(3)21-15/h4-11,18H,1-3H3,(H,22,25)(H,23,24)/t18-/m0/s1. The Morgan fingerprint density at radius 1 is 1.21 bits per heavy atom. The average Bonchev–Trinajstić information content (AvgIpc) is 3.15. The van der Waals surface area contributed by atoms with Crippen molar-refractivity contribution in [3.63, 3.8) is 0 Å². The Labute approximate surface area is 168 Å². The van der Waals surface area contributed by atoms with Crippen LogP contribution >= 0.6 is 0 Å². The fourth-order valence-electron chi connectivity index (χ4n) is 3.21. The first-order valence-electron chi connectivity index (χ1n) is 9.13. The third-order valence-corrected chi connectivity index (χ3v) is 5.99. The van der Waals surface area contributed by atoms with Gasteiger partial charge in [-0.15, -0.1) is 0 Å². The van der Waals surface area contributed by atoms with Crippen LogP contribution < -0.4 is 10.0 Å². The van der Waals surface area contributed by atoms with Gasteiger partial charge >= 0.3 is 0 Å². The SMILES string of the molecule is Cc1nc2ccc(NC(=O)[C@@H](N=C3NS(=O)(=O)c4ccccc43)C(C)C)cc2o1. The van der Waals surface area contributed by atoms with E-state index in [1.165, 1.54) is 6.07 Å². The van der Waals surface area contributed by atoms with Crippen LogP contribution in [0.4, 0.5) is 5.69 Å². The lowest BCUT2D eigenvalue weighted by Crippen LogP contribution is -2.34. The third-order valence-electron chi connectivity index (χ3n) is 4.59. The number of aromatic nitrogens is 1. The molecule has 0 saturated heterocycles. The van der Waals surface area contributed by atoms with Crippen LogP contribution in [0.15, 0.2) is 56.8 Å². The number of carbonyl (C=O) groups is 1. The highest BCUT2D eigenvalue weighted by Crippen LogP contribution is 2.24. The summed E-state index contributed by atoms with van der Waals surface area (Å²) in [4.78, 5) is 21.8. The van der Waals surface area contributed by atoms with Crippen LogP contribution in [0.1, 0.15) is 25.3 Å². The highest BCUT2D eigenvalue weighted by molar-refractivity contribution is 7.90. The maximum Gasteiger partial charge on any atom is 0.263 e. The van der Waals surface area contributed by atoms with Crippen molar-refractivity contribution in [3.8, 4) is 0 Å². The Morgan fingerprint density at radius 2 is 1.97 bits per heavy atom. The van der Waals surface area contributed by atoms with Gasteiger partial charge in [0, 0.05) is 24.2 Å². The van der Waals surface area contributed by atoms with Gasteiger partial charge in [0.1, 0.15) is 17.4 Å². The van der Waals surface area contributed by atoms with Crippen LogP contribution in [-0.4, -0.2) is 31.2 Å². The molecular weight excluding hydrogens is 392 g/mol. The minimum atomic E-state index is -3.66. The van der Waals surface area contributed by atoms with Crippen LogP contribution in [0.5, 0.6) is 0 Å². The van der Waals surface area contributed by atoms with E-state index in [-0.39, 0.29) is 22.6 Å². The fourth-order valence-corrected chi connectivity index (χ4v) is 4.45. The number of aryl methyl sites for hydroxylation is 1. The number of anilines is 1. The van der Waals surface area contributed by atoms with Crippen molar-refractivity contribution in [1.29, 1.82) is 0 Å². The van der Waals surface area contributed by atoms with E-state index in [0.717, 1.165) is 0 Å². The molecule has 2 heterocycles. The zero-order chi connectivity index (χ0) is 20.8. The maximum absolute atomic E-state index is 12.9. The van der Waals surface area contributed by atoms with Crippen molar-refractivity contribution in [1.82, 2.24) is 9.71 Å². The van der Waals surface area contributed by atoms with Gasteiger partial charge in [0.25, 0.3) is 10.0 Å². The number of aliphatic imine (C=N–C) groups is 1. The first-order chi connectivity index (χ1) is 13.7. The summed E-state index contributed by atoms with van der Waals surface area (Å²) in [5.41, 5.74) is 2.30. The molecule has 150 valence electrons. The van der Waals surface area contributed by atoms with Gasteiger partial charge in [-0.2, -0.15) is 0 Å². The molecule has 0 saturated carbocycles. The molecule has 0 spiro atoms. The van der Waals surface area contributed by atoms with Crippen molar-refractivity contribution in [2.24, 2.45) is 10.9 Å². The molecule has 4 rings (SSSR count). The molecule has 2 N–H and O–H groups in total. The number of carbonyl (C=O) groups excluding carboxylic acids is 1. The third kappa shape index (κ3) is 3.61. The molecule has 1 aliphatic rings. The van der Waals surface area contributed by atoms with Gasteiger partial charge in [0.05, 0.1) is 4.90 Å². The van der Waals surface area contributed by atoms with Gasteiger partial charge in [-0.1, -0.05) is 26.0 Å². The van der Waals surface area contributed by atoms with Crippen molar-refractivity contribution in [2.45, 2.75) is 31.7 Å². The van der Waals surface area contributed by atoms with E-state index < -0.39 is 16.1 Å². The van der Waals surface area contributed by atoms with E-state index in [1.54, 1.807) is 43.3 Å². The number of sulfonamides is 1. The summed E-state index contributed by atoms with van der Waals surface area (Å²) in [7, 11) is -3.66. The Hall–Kier alpha value is -3.20. The molecule has 0 unspecified atom stereocenters. The van der Waals surface area contributed by atoms with Gasteiger partial charge in [0.2, 0.25) is 5.91 Å². The summed E-state index contributed by atoms with van der Waals surface area (Å²) in [6.07, 6.45) is 0. The molecular formula is C20H20N4O4S. The number of oxazole rings is 1. The summed E-state index contributed by atoms with van der Waals surface area (Å²) < 4.78 is 32.5. The molecule has 3 aromatic rings. The predicted octanol–water partition coefficient (Wildman–Crippen LogP) is 2.84. The van der Waals surface area contributed by atoms with Crippen LogP contribution in [0.2, 0.25) is 0 Å². The van der Waals surface area contributed by atoms with E-state index in [9.17, 15) is 13.2 Å². The summed E-state index contributed by atoms with van der Waals surface area (Å²) in [5.74, 6) is 0.223. The first kappa shape index (κ1) is 19.1. The van der Waals surface area contributed by atoms with E-state index in [4.69, 9.17) is 4.42 Å². The quantitative estimate of drug-likeness (QED) is 0.684. The molecule has 2 aromatic carbocycles. The summed E-state index contributed by atoms with van der Waals surface area (Å²) >= 11 is 0. The Balaban J connectivity index is 1.64. The molecule has 0 fully saturated rings. The predicted molar refractivity (Wildman–Crippen MR) is 109 cm³/mol. The van der Waals surface area contributed by atoms with Crippen LogP contribution in [0, 0.1) is 12.8 Å². The maximum atomic E-state index is 12.9. The number of fused-ring (bicyclic) bond motifs is 2. The highest BCUT2D eigenvalue weighted by Gasteiger charge is 2.32. The lowest BCUT2D eigenvalue weighted by Gasteiger charge is -2.17. The molecule has 9 heteroatoms. The molecule has 0 aliphatic carbocycles. The summed E-state index contributed by atoms with van der Waals surface area (Å²) in [6.45, 7) is 5.46. The molecule has 0 bridgehead atoms. The Morgan fingerprint density at radius 3 is 2.72 bits per heavy atom. The van der Waals surface area contributed by atoms with E-state index in [1.807, 2.05) is 13.8 Å². The lowest BCUT2D eigenvalue weighted by molar-refractivity contribution is -0.118. The largest absolute Gasteiger partial charge is 0.441 e. The van der Waals surface area contributed by atoms with Crippen molar-refractivity contribution < 1.29 is 17.6 Å². The van der Waals surface area contributed by atoms with Gasteiger partial charge in [-0.05, 0) is 30.2 Å². The number of nitrogens with zero attached hydrogens (tertiary/aromatic N) is 2. The number of hydrogen-bond acceptors (Lipinski definition) is 6. The molecule has 1 atom stereocenters. The Kier molecular flexibility index (Phi) is 4.62. The van der Waals surface area contributed by atoms with Gasteiger partial charge < -0.3 is 9.73 Å². The second-order valence-electron chi connectivity index (χ2n) is 7.17. The number of nitrogens with one attached hydrogen (secondary N) is 2. The van der Waals surface area contributed by atoms with Crippen molar-refractivity contribution in [2.75, 3.05) is 5.32 Å². The molecule has 1 aliphatic heterocycles. The molecule has 1 amide bonds. The second-order valence-corrected chi connectivity index (χ2v) is 8.82. The molecule has 1 aromatic heterocycles. The van der Waals surface area contributed by atoms with Crippen LogP contribution in [-0.2, 0) is 14.8 Å². The zero-order valence-corrected chi connectivity index (χ0v) is 16.9. The fraction of sp³-hybridized carbons (Fsp3) is 0.250. The summed E-state index contributed by atoms with van der Waals surface area (Å²) in [5, 5.41) is 2.83. The minimum Gasteiger partial charge on any atom is -0.441 e. The monoisotopic (exact) mass is 412 g/mol. The summed E-state index contributed by atoms with van der Waals surface area (Å²) in [6, 6.07) is 11.0. The van der Waals surface area contributed by atoms with Gasteiger partial charge in [-0.3, -0.25) is 14.5 Å².